The maximum Gasteiger partial charge on any atom is 0.255 e. The van der Waals surface area contributed by atoms with Gasteiger partial charge in [-0.1, -0.05) is 60.3 Å². The van der Waals surface area contributed by atoms with Gasteiger partial charge >= 0.3 is 0 Å². The smallest absolute Gasteiger partial charge is 0.255 e. The van der Waals surface area contributed by atoms with E-state index in [-0.39, 0.29) is 17.5 Å². The number of nitrogens with one attached hydrogen (secondary N) is 3. The van der Waals surface area contributed by atoms with Crippen LogP contribution in [0.1, 0.15) is 70.5 Å². The second kappa shape index (κ2) is 12.1. The van der Waals surface area contributed by atoms with E-state index < -0.39 is 40.0 Å². The van der Waals surface area contributed by atoms with E-state index in [1.165, 1.54) is 0 Å². The number of hydrogen-bond acceptors (Lipinski definition) is 6. The topological polar surface area (TPSA) is 133 Å². The minimum absolute atomic E-state index is 0.0352. The Morgan fingerprint density at radius 2 is 1.90 bits per heavy atom. The number of fused-ring (bicyclic) bond motifs is 1. The molecule has 3 N–H and O–H groups in total. The van der Waals surface area contributed by atoms with Crippen LogP contribution in [0.3, 0.4) is 0 Å². The van der Waals surface area contributed by atoms with Crippen molar-refractivity contribution in [2.24, 2.45) is 0 Å². The molecule has 1 unspecified atom stereocenters. The van der Waals surface area contributed by atoms with E-state index in [9.17, 15) is 18.0 Å². The zero-order valence-electron chi connectivity index (χ0n) is 22.6. The fraction of sp³-hybridized carbons (Fsp3) is 0.393. The number of nitrogens with zero attached hydrogens (tertiary/aromatic N) is 2. The van der Waals surface area contributed by atoms with Gasteiger partial charge in [-0.05, 0) is 49.1 Å². The fourth-order valence-electron chi connectivity index (χ4n) is 5.90. The summed E-state index contributed by atoms with van der Waals surface area (Å²) in [6.45, 7) is 1.88. The Bertz CT molecular complexity index is 1560. The second-order valence-electron chi connectivity index (χ2n) is 10.5. The minimum Gasteiger partial charge on any atom is -0.348 e. The van der Waals surface area contributed by atoms with Crippen molar-refractivity contribution in [2.45, 2.75) is 63.3 Å². The highest BCUT2D eigenvalue weighted by Gasteiger charge is 2.49. The highest BCUT2D eigenvalue weighted by molar-refractivity contribution is 7.88. The van der Waals surface area contributed by atoms with Crippen LogP contribution in [-0.2, 0) is 26.3 Å². The van der Waals surface area contributed by atoms with Crippen molar-refractivity contribution in [1.29, 1.82) is 0 Å². The van der Waals surface area contributed by atoms with Gasteiger partial charge in [0.2, 0.25) is 10.0 Å². The first-order chi connectivity index (χ1) is 19.5. The fourth-order valence-corrected chi connectivity index (χ4v) is 7.24. The molecule has 1 aliphatic heterocycles. The average Bonchev–Trinajstić information content (AvgIpc) is 3.33. The van der Waals surface area contributed by atoms with Gasteiger partial charge in [-0.15, -0.1) is 0 Å². The van der Waals surface area contributed by atoms with Crippen LogP contribution in [0.5, 0.6) is 0 Å². The minimum atomic E-state index is -3.58. The van der Waals surface area contributed by atoms with E-state index in [0.717, 1.165) is 24.8 Å². The molecule has 41 heavy (non-hydrogen) atoms. The molecule has 2 aliphatic rings. The predicted molar refractivity (Wildman–Crippen MR) is 155 cm³/mol. The number of hydroxylamine groups is 1. The lowest BCUT2D eigenvalue weighted by Gasteiger charge is -2.49. The normalized spacial score (nSPS) is 22.8. The number of carbonyl (C=O) groups excluding carboxylic acids is 2. The number of benzene rings is 2. The molecule has 4 atom stereocenters. The Morgan fingerprint density at radius 1 is 1.15 bits per heavy atom. The molecular weight excluding hydrogens is 589 g/mol. The number of rotatable bonds is 8. The van der Waals surface area contributed by atoms with Gasteiger partial charge in [-0.2, -0.15) is 0 Å². The zero-order chi connectivity index (χ0) is 29.3. The van der Waals surface area contributed by atoms with E-state index in [1.807, 2.05) is 6.92 Å². The van der Waals surface area contributed by atoms with E-state index in [0.29, 0.717) is 40.2 Å². The molecule has 2 amide bonds. The van der Waals surface area contributed by atoms with Crippen molar-refractivity contribution in [3.8, 4) is 0 Å². The number of sulfonamides is 1. The van der Waals surface area contributed by atoms with Crippen LogP contribution in [-0.4, -0.2) is 53.4 Å². The monoisotopic (exact) mass is 619 g/mol. The summed E-state index contributed by atoms with van der Waals surface area (Å²) in [5.41, 5.74) is 5.42. The molecule has 1 aromatic heterocycles. The van der Waals surface area contributed by atoms with Crippen LogP contribution in [0.4, 0.5) is 0 Å². The van der Waals surface area contributed by atoms with Gasteiger partial charge in [-0.3, -0.25) is 14.4 Å². The largest absolute Gasteiger partial charge is 0.348 e. The Kier molecular flexibility index (Phi) is 8.72. The lowest BCUT2D eigenvalue weighted by atomic mass is 9.76. The quantitative estimate of drug-likeness (QED) is 0.320. The number of amides is 2. The van der Waals surface area contributed by atoms with Gasteiger partial charge in [0, 0.05) is 33.4 Å². The number of H-pyrrole nitrogens is 1. The number of aryl methyl sites for hydroxylation is 1. The number of aromatic amines is 1. The molecule has 1 fully saturated rings. The van der Waals surface area contributed by atoms with Gasteiger partial charge in [0.05, 0.1) is 30.2 Å². The summed E-state index contributed by atoms with van der Waals surface area (Å²) < 4.78 is 27.4. The van der Waals surface area contributed by atoms with Crippen molar-refractivity contribution >= 4 is 45.0 Å². The first-order valence-electron chi connectivity index (χ1n) is 13.3. The summed E-state index contributed by atoms with van der Waals surface area (Å²) in [6, 6.07) is 9.93. The molecule has 2 aromatic carbocycles. The predicted octanol–water partition coefficient (Wildman–Crippen LogP) is 4.41. The van der Waals surface area contributed by atoms with Crippen LogP contribution in [0.25, 0.3) is 0 Å². The average molecular weight is 621 g/mol. The summed E-state index contributed by atoms with van der Waals surface area (Å²) in [5, 5.41) is 0.690. The second-order valence-corrected chi connectivity index (χ2v) is 13.1. The summed E-state index contributed by atoms with van der Waals surface area (Å²) in [6.07, 6.45) is 5.34. The summed E-state index contributed by atoms with van der Waals surface area (Å²) in [4.78, 5) is 42.7. The first-order valence-corrected chi connectivity index (χ1v) is 15.9. The van der Waals surface area contributed by atoms with Crippen LogP contribution in [0, 0.1) is 6.92 Å². The molecule has 0 radical (unpaired) electrons. The third kappa shape index (κ3) is 6.29. The molecule has 2 heterocycles. The third-order valence-corrected chi connectivity index (χ3v) is 9.00. The van der Waals surface area contributed by atoms with E-state index in [2.05, 4.69) is 20.2 Å². The van der Waals surface area contributed by atoms with Crippen LogP contribution in [0.15, 0.2) is 48.8 Å². The summed E-state index contributed by atoms with van der Waals surface area (Å²) >= 11 is 13.0. The van der Waals surface area contributed by atoms with Gasteiger partial charge in [0.15, 0.2) is 0 Å². The van der Waals surface area contributed by atoms with Crippen LogP contribution < -0.4 is 10.2 Å². The molecule has 0 saturated heterocycles. The van der Waals surface area contributed by atoms with E-state index in [1.54, 1.807) is 53.7 Å². The van der Waals surface area contributed by atoms with Gasteiger partial charge in [0.25, 0.3) is 11.8 Å². The number of carbonyl (C=O) groups is 2. The van der Waals surface area contributed by atoms with E-state index >= 15 is 0 Å². The summed E-state index contributed by atoms with van der Waals surface area (Å²) in [7, 11) is -3.58. The van der Waals surface area contributed by atoms with Gasteiger partial charge in [0.1, 0.15) is 6.61 Å². The summed E-state index contributed by atoms with van der Waals surface area (Å²) in [5.74, 6) is -1.72. The zero-order valence-corrected chi connectivity index (χ0v) is 24.9. The molecular formula is C28H31Cl2N5O5S. The lowest BCUT2D eigenvalue weighted by Crippen LogP contribution is -2.59. The first kappa shape index (κ1) is 29.5. The van der Waals surface area contributed by atoms with Crippen molar-refractivity contribution in [3.63, 3.8) is 0 Å². The van der Waals surface area contributed by atoms with Crippen molar-refractivity contribution < 1.29 is 22.8 Å². The molecule has 0 spiro atoms. The molecule has 3 aromatic rings. The Hall–Kier alpha value is -2.96. The molecule has 218 valence electrons. The Morgan fingerprint density at radius 3 is 2.61 bits per heavy atom. The Balaban J connectivity index is 1.61. The van der Waals surface area contributed by atoms with Crippen molar-refractivity contribution in [3.05, 3.63) is 86.9 Å². The number of hydrogen-bond donors (Lipinski definition) is 3. The molecule has 0 bridgehead atoms. The maximum atomic E-state index is 14.3. The molecule has 10 nitrogen and oxygen atoms in total. The van der Waals surface area contributed by atoms with Crippen LogP contribution >= 0.6 is 23.2 Å². The third-order valence-electron chi connectivity index (χ3n) is 7.71. The molecule has 5 rings (SSSR count). The van der Waals surface area contributed by atoms with Crippen molar-refractivity contribution in [2.75, 3.05) is 6.26 Å². The van der Waals surface area contributed by atoms with Crippen LogP contribution in [0.2, 0.25) is 10.0 Å². The highest BCUT2D eigenvalue weighted by Crippen LogP contribution is 2.47. The van der Waals surface area contributed by atoms with Crippen molar-refractivity contribution in [1.82, 2.24) is 25.1 Å². The molecule has 1 aliphatic carbocycles. The maximum absolute atomic E-state index is 14.3. The number of aromatic nitrogens is 2. The molecule has 13 heteroatoms. The number of halogens is 2. The number of imidazole rings is 1. The van der Waals surface area contributed by atoms with Gasteiger partial charge < -0.3 is 9.88 Å². The lowest BCUT2D eigenvalue weighted by molar-refractivity contribution is -0.138. The Labute approximate surface area is 248 Å². The van der Waals surface area contributed by atoms with Gasteiger partial charge in [-0.25, -0.2) is 23.6 Å². The standard InChI is InChI=1S/C28H31Cl2N5O5S/c1-16-23(32-15-31-16)14-40-33-27(36)25-18-7-3-4-8-19(18)28(37)35(26(25)20-12-11-17(29)13-21(20)30)24-10-6-5-9-22(24)34-41(2,38)39/h3-4,7-8,11-13,15,22,24-26,34H,5-6,9-10,14H2,1-2H3,(H,31,32)(H,33,36)/t22-,24?,25+,26-/m0/s1. The van der Waals surface area contributed by atoms with E-state index in [4.69, 9.17) is 28.0 Å². The SMILES string of the molecule is Cc1[nH]cnc1CONC(=O)[C@@H]1c2ccccc2C(=O)N(C2CCCC[C@@H]2NS(C)(=O)=O)[C@H]1c1ccc(Cl)cc1Cl. The highest BCUT2D eigenvalue weighted by atomic mass is 35.5. The molecule has 1 saturated carbocycles.